The second-order valence-electron chi connectivity index (χ2n) is 4.70. The molecule has 106 valence electrons. The number of hydrogen-bond acceptors (Lipinski definition) is 3. The first-order chi connectivity index (χ1) is 8.89. The molecule has 7 heteroatoms. The summed E-state index contributed by atoms with van der Waals surface area (Å²) in [7, 11) is -3.76. The van der Waals surface area contributed by atoms with Crippen molar-refractivity contribution in [2.75, 3.05) is 17.0 Å². The van der Waals surface area contributed by atoms with Crippen LogP contribution in [-0.4, -0.2) is 26.8 Å². The van der Waals surface area contributed by atoms with Crippen molar-refractivity contribution < 1.29 is 17.2 Å². The summed E-state index contributed by atoms with van der Waals surface area (Å²) in [4.78, 5) is 0. The van der Waals surface area contributed by atoms with Crippen LogP contribution in [0.5, 0.6) is 0 Å². The van der Waals surface area contributed by atoms with E-state index >= 15 is 0 Å². The lowest BCUT2D eigenvalue weighted by atomic mass is 10.2. The maximum atomic E-state index is 13.7. The molecule has 0 aliphatic heterocycles. The zero-order chi connectivity index (χ0) is 14.0. The van der Waals surface area contributed by atoms with Crippen molar-refractivity contribution in [2.45, 2.75) is 25.8 Å². The first-order valence-corrected chi connectivity index (χ1v) is 7.73. The molecule has 1 saturated carbocycles. The van der Waals surface area contributed by atoms with E-state index in [1.807, 2.05) is 4.72 Å². The SMILES string of the molecule is Cc1ccc(F)c(NS(=O)(=O)CCNC2CC2)c1F. The molecule has 0 radical (unpaired) electrons. The average molecular weight is 290 g/mol. The topological polar surface area (TPSA) is 58.2 Å². The summed E-state index contributed by atoms with van der Waals surface area (Å²) < 4.78 is 52.5. The number of sulfonamides is 1. The Morgan fingerprint density at radius 2 is 2.00 bits per heavy atom. The van der Waals surface area contributed by atoms with Crippen LogP contribution in [0.15, 0.2) is 12.1 Å². The van der Waals surface area contributed by atoms with Gasteiger partial charge in [0.15, 0.2) is 5.82 Å². The van der Waals surface area contributed by atoms with Crippen molar-refractivity contribution in [1.29, 1.82) is 0 Å². The minimum absolute atomic E-state index is 0.190. The van der Waals surface area contributed by atoms with E-state index in [9.17, 15) is 17.2 Å². The van der Waals surface area contributed by atoms with Crippen LogP contribution in [0.25, 0.3) is 0 Å². The van der Waals surface area contributed by atoms with Crippen LogP contribution in [0.3, 0.4) is 0 Å². The fourth-order valence-corrected chi connectivity index (χ4v) is 2.63. The molecule has 1 aromatic rings. The summed E-state index contributed by atoms with van der Waals surface area (Å²) in [5, 5.41) is 3.03. The zero-order valence-electron chi connectivity index (χ0n) is 10.5. The van der Waals surface area contributed by atoms with Crippen LogP contribution < -0.4 is 10.0 Å². The van der Waals surface area contributed by atoms with Crippen LogP contribution in [0.2, 0.25) is 0 Å². The molecule has 0 amide bonds. The molecule has 0 spiro atoms. The van der Waals surface area contributed by atoms with E-state index in [4.69, 9.17) is 0 Å². The van der Waals surface area contributed by atoms with E-state index < -0.39 is 27.3 Å². The van der Waals surface area contributed by atoms with Gasteiger partial charge in [0.25, 0.3) is 0 Å². The fraction of sp³-hybridized carbons (Fsp3) is 0.500. The van der Waals surface area contributed by atoms with E-state index in [0.717, 1.165) is 18.9 Å². The number of halogens is 2. The minimum Gasteiger partial charge on any atom is -0.313 e. The smallest absolute Gasteiger partial charge is 0.234 e. The van der Waals surface area contributed by atoms with Gasteiger partial charge in [-0.3, -0.25) is 4.72 Å². The highest BCUT2D eigenvalue weighted by molar-refractivity contribution is 7.92. The molecule has 1 aliphatic carbocycles. The van der Waals surface area contributed by atoms with E-state index in [0.29, 0.717) is 6.04 Å². The maximum absolute atomic E-state index is 13.7. The maximum Gasteiger partial charge on any atom is 0.234 e. The largest absolute Gasteiger partial charge is 0.313 e. The quantitative estimate of drug-likeness (QED) is 0.839. The van der Waals surface area contributed by atoms with Crippen LogP contribution in [-0.2, 0) is 10.0 Å². The molecular formula is C12H16F2N2O2S. The third-order valence-corrected chi connectivity index (χ3v) is 4.18. The molecular weight excluding hydrogens is 274 g/mol. The summed E-state index contributed by atoms with van der Waals surface area (Å²) in [5.41, 5.74) is -0.415. The van der Waals surface area contributed by atoms with Gasteiger partial charge in [-0.1, -0.05) is 6.07 Å². The number of hydrogen-bond donors (Lipinski definition) is 2. The van der Waals surface area contributed by atoms with Crippen molar-refractivity contribution >= 4 is 15.7 Å². The van der Waals surface area contributed by atoms with Gasteiger partial charge in [-0.05, 0) is 31.4 Å². The predicted octanol–water partition coefficient (Wildman–Crippen LogP) is 1.77. The first-order valence-electron chi connectivity index (χ1n) is 6.07. The number of anilines is 1. The Labute approximate surface area is 111 Å². The molecule has 0 unspecified atom stereocenters. The summed E-state index contributed by atoms with van der Waals surface area (Å²) >= 11 is 0. The molecule has 1 aromatic carbocycles. The third kappa shape index (κ3) is 3.87. The summed E-state index contributed by atoms with van der Waals surface area (Å²) in [5.74, 6) is -2.00. The summed E-state index contributed by atoms with van der Waals surface area (Å²) in [6.07, 6.45) is 2.10. The lowest BCUT2D eigenvalue weighted by molar-refractivity contribution is 0.577. The Balaban J connectivity index is 2.04. The Morgan fingerprint density at radius 1 is 1.32 bits per heavy atom. The molecule has 0 heterocycles. The van der Waals surface area contributed by atoms with Crippen LogP contribution >= 0.6 is 0 Å². The van der Waals surface area contributed by atoms with Gasteiger partial charge < -0.3 is 5.32 Å². The summed E-state index contributed by atoms with van der Waals surface area (Å²) in [6.45, 7) is 1.72. The van der Waals surface area contributed by atoms with E-state index in [-0.39, 0.29) is 17.9 Å². The monoisotopic (exact) mass is 290 g/mol. The fourth-order valence-electron chi connectivity index (χ4n) is 1.64. The van der Waals surface area contributed by atoms with Gasteiger partial charge >= 0.3 is 0 Å². The first kappa shape index (κ1) is 14.2. The highest BCUT2D eigenvalue weighted by Crippen LogP contribution is 2.23. The number of aryl methyl sites for hydroxylation is 1. The van der Waals surface area contributed by atoms with E-state index in [2.05, 4.69) is 5.32 Å². The van der Waals surface area contributed by atoms with Gasteiger partial charge in [0.05, 0.1) is 5.75 Å². The predicted molar refractivity (Wildman–Crippen MR) is 69.5 cm³/mol. The van der Waals surface area contributed by atoms with Gasteiger partial charge in [-0.15, -0.1) is 0 Å². The highest BCUT2D eigenvalue weighted by atomic mass is 32.2. The molecule has 4 nitrogen and oxygen atoms in total. The van der Waals surface area contributed by atoms with Crippen molar-refractivity contribution in [3.8, 4) is 0 Å². The molecule has 0 atom stereocenters. The number of rotatable bonds is 6. The molecule has 1 aliphatic rings. The van der Waals surface area contributed by atoms with Crippen LogP contribution in [0.1, 0.15) is 18.4 Å². The van der Waals surface area contributed by atoms with Crippen LogP contribution in [0.4, 0.5) is 14.5 Å². The van der Waals surface area contributed by atoms with Gasteiger partial charge in [0.2, 0.25) is 10.0 Å². The highest BCUT2D eigenvalue weighted by Gasteiger charge is 2.22. The molecule has 0 saturated heterocycles. The molecule has 2 rings (SSSR count). The van der Waals surface area contributed by atoms with Crippen molar-refractivity contribution in [3.05, 3.63) is 29.3 Å². The van der Waals surface area contributed by atoms with Gasteiger partial charge in [-0.25, -0.2) is 17.2 Å². The average Bonchev–Trinajstić information content (AvgIpc) is 3.14. The van der Waals surface area contributed by atoms with Crippen molar-refractivity contribution in [3.63, 3.8) is 0 Å². The lowest BCUT2D eigenvalue weighted by Gasteiger charge is -2.11. The Morgan fingerprint density at radius 3 is 2.63 bits per heavy atom. The summed E-state index contributed by atoms with van der Waals surface area (Å²) in [6, 6.07) is 2.69. The number of nitrogens with one attached hydrogen (secondary N) is 2. The van der Waals surface area contributed by atoms with Crippen molar-refractivity contribution in [1.82, 2.24) is 5.32 Å². The molecule has 19 heavy (non-hydrogen) atoms. The van der Waals surface area contributed by atoms with Gasteiger partial charge in [0, 0.05) is 12.6 Å². The zero-order valence-corrected chi connectivity index (χ0v) is 11.4. The molecule has 1 fully saturated rings. The number of benzene rings is 1. The minimum atomic E-state index is -3.76. The third-order valence-electron chi connectivity index (χ3n) is 2.92. The van der Waals surface area contributed by atoms with Gasteiger partial charge in [0.1, 0.15) is 11.5 Å². The molecule has 2 N–H and O–H groups in total. The Kier molecular flexibility index (Phi) is 4.05. The second-order valence-corrected chi connectivity index (χ2v) is 6.54. The Bertz CT molecular complexity index is 571. The van der Waals surface area contributed by atoms with E-state index in [1.165, 1.54) is 13.0 Å². The van der Waals surface area contributed by atoms with Crippen molar-refractivity contribution in [2.24, 2.45) is 0 Å². The molecule has 0 aromatic heterocycles. The normalized spacial score (nSPS) is 15.5. The lowest BCUT2D eigenvalue weighted by Crippen LogP contribution is -2.28. The van der Waals surface area contributed by atoms with Crippen LogP contribution in [0, 0.1) is 18.6 Å². The standard InChI is InChI=1S/C12H16F2N2O2S/c1-8-2-5-10(13)12(11(8)14)16-19(17,18)7-6-15-9-3-4-9/h2,5,9,15-16H,3-4,6-7H2,1H3. The van der Waals surface area contributed by atoms with E-state index in [1.54, 1.807) is 0 Å². The Hall–Kier alpha value is -1.21. The molecule has 0 bridgehead atoms. The second kappa shape index (κ2) is 5.42. The van der Waals surface area contributed by atoms with Gasteiger partial charge in [-0.2, -0.15) is 0 Å².